The molecule has 1 N–H and O–H groups in total. The number of ether oxygens (including phenoxy) is 2. The lowest BCUT2D eigenvalue weighted by Crippen LogP contribution is -2.32. The van der Waals surface area contributed by atoms with Gasteiger partial charge in [-0.1, -0.05) is 6.07 Å². The molecule has 2 aromatic rings. The first kappa shape index (κ1) is 15.1. The SMILES string of the molecule is CCOC(=O)c1cc2cc([C@@H]3CCOC(C)(C)C3)ccc2[nH]1. The molecule has 118 valence electrons. The molecule has 1 aliphatic rings. The molecule has 0 unspecified atom stereocenters. The Morgan fingerprint density at radius 3 is 2.95 bits per heavy atom. The number of aromatic amines is 1. The van der Waals surface area contributed by atoms with Gasteiger partial charge < -0.3 is 14.5 Å². The third-order valence-electron chi connectivity index (χ3n) is 4.31. The molecule has 1 aromatic heterocycles. The van der Waals surface area contributed by atoms with Gasteiger partial charge in [0.2, 0.25) is 0 Å². The monoisotopic (exact) mass is 301 g/mol. The van der Waals surface area contributed by atoms with E-state index in [2.05, 4.69) is 37.0 Å². The van der Waals surface area contributed by atoms with Crippen LogP contribution in [-0.2, 0) is 9.47 Å². The number of carbonyl (C=O) groups is 1. The van der Waals surface area contributed by atoms with Crippen LogP contribution in [0.4, 0.5) is 0 Å². The van der Waals surface area contributed by atoms with Crippen molar-refractivity contribution in [3.8, 4) is 0 Å². The Kier molecular flexibility index (Phi) is 3.96. The van der Waals surface area contributed by atoms with E-state index in [-0.39, 0.29) is 11.6 Å². The predicted molar refractivity (Wildman–Crippen MR) is 86.3 cm³/mol. The van der Waals surface area contributed by atoms with E-state index in [1.807, 2.05) is 13.0 Å². The number of nitrogens with one attached hydrogen (secondary N) is 1. The Bertz CT molecular complexity index is 687. The second-order valence-corrected chi connectivity index (χ2v) is 6.55. The van der Waals surface area contributed by atoms with Crippen LogP contribution in [0.25, 0.3) is 10.9 Å². The van der Waals surface area contributed by atoms with Gasteiger partial charge in [-0.2, -0.15) is 0 Å². The number of esters is 1. The minimum absolute atomic E-state index is 0.0634. The van der Waals surface area contributed by atoms with E-state index in [9.17, 15) is 4.79 Å². The highest BCUT2D eigenvalue weighted by Gasteiger charge is 2.29. The number of fused-ring (bicyclic) bond motifs is 1. The smallest absolute Gasteiger partial charge is 0.354 e. The van der Waals surface area contributed by atoms with E-state index in [4.69, 9.17) is 9.47 Å². The van der Waals surface area contributed by atoms with Gasteiger partial charge in [0, 0.05) is 17.5 Å². The standard InChI is InChI=1S/C18H23NO3/c1-4-21-17(20)16-10-14-9-12(5-6-15(14)19-16)13-7-8-22-18(2,3)11-13/h5-6,9-10,13,19H,4,7-8,11H2,1-3H3/t13-/m1/s1. The predicted octanol–water partition coefficient (Wildman–Crippen LogP) is 4.02. The van der Waals surface area contributed by atoms with Crippen LogP contribution in [0.1, 0.15) is 55.6 Å². The van der Waals surface area contributed by atoms with Gasteiger partial charge in [0.25, 0.3) is 0 Å². The van der Waals surface area contributed by atoms with Gasteiger partial charge in [-0.05, 0) is 63.3 Å². The van der Waals surface area contributed by atoms with E-state index in [1.54, 1.807) is 0 Å². The molecule has 1 atom stereocenters. The molecular formula is C18H23NO3. The summed E-state index contributed by atoms with van der Waals surface area (Å²) in [4.78, 5) is 14.9. The Hall–Kier alpha value is -1.81. The van der Waals surface area contributed by atoms with Gasteiger partial charge in [0.15, 0.2) is 0 Å². The summed E-state index contributed by atoms with van der Waals surface area (Å²) in [6.07, 6.45) is 2.07. The first-order chi connectivity index (χ1) is 10.5. The topological polar surface area (TPSA) is 51.3 Å². The Balaban J connectivity index is 1.88. The molecule has 0 aliphatic carbocycles. The number of rotatable bonds is 3. The highest BCUT2D eigenvalue weighted by atomic mass is 16.5. The first-order valence-electron chi connectivity index (χ1n) is 7.92. The minimum Gasteiger partial charge on any atom is -0.461 e. The lowest BCUT2D eigenvalue weighted by atomic mass is 9.83. The minimum atomic E-state index is -0.299. The molecule has 22 heavy (non-hydrogen) atoms. The zero-order valence-electron chi connectivity index (χ0n) is 13.4. The lowest BCUT2D eigenvalue weighted by molar-refractivity contribution is -0.0592. The van der Waals surface area contributed by atoms with Crippen LogP contribution >= 0.6 is 0 Å². The summed E-state index contributed by atoms with van der Waals surface area (Å²) in [5.74, 6) is 0.210. The highest BCUT2D eigenvalue weighted by molar-refractivity contribution is 5.95. The zero-order chi connectivity index (χ0) is 15.7. The van der Waals surface area contributed by atoms with Crippen molar-refractivity contribution in [2.45, 2.75) is 45.1 Å². The zero-order valence-corrected chi connectivity index (χ0v) is 13.4. The molecule has 0 bridgehead atoms. The summed E-state index contributed by atoms with van der Waals surface area (Å²) in [5, 5.41) is 1.06. The van der Waals surface area contributed by atoms with Crippen molar-refractivity contribution < 1.29 is 14.3 Å². The molecule has 1 aliphatic heterocycles. The van der Waals surface area contributed by atoms with E-state index in [0.717, 1.165) is 30.4 Å². The van der Waals surface area contributed by atoms with Crippen LogP contribution in [0.2, 0.25) is 0 Å². The van der Waals surface area contributed by atoms with E-state index in [1.165, 1.54) is 5.56 Å². The normalized spacial score (nSPS) is 21.0. The van der Waals surface area contributed by atoms with Gasteiger partial charge in [-0.25, -0.2) is 4.79 Å². The molecule has 1 saturated heterocycles. The van der Waals surface area contributed by atoms with Gasteiger partial charge in [-0.3, -0.25) is 0 Å². The first-order valence-corrected chi connectivity index (χ1v) is 7.92. The van der Waals surface area contributed by atoms with Crippen LogP contribution in [0.15, 0.2) is 24.3 Å². The van der Waals surface area contributed by atoms with Crippen molar-refractivity contribution in [2.75, 3.05) is 13.2 Å². The van der Waals surface area contributed by atoms with E-state index < -0.39 is 0 Å². The molecule has 2 heterocycles. The van der Waals surface area contributed by atoms with Crippen LogP contribution in [0.5, 0.6) is 0 Å². The fourth-order valence-electron chi connectivity index (χ4n) is 3.24. The van der Waals surface area contributed by atoms with E-state index in [0.29, 0.717) is 18.2 Å². The number of benzene rings is 1. The van der Waals surface area contributed by atoms with Gasteiger partial charge >= 0.3 is 5.97 Å². The summed E-state index contributed by atoms with van der Waals surface area (Å²) in [7, 11) is 0. The van der Waals surface area contributed by atoms with Crippen LogP contribution in [-0.4, -0.2) is 29.8 Å². The Morgan fingerprint density at radius 2 is 2.23 bits per heavy atom. The van der Waals surface area contributed by atoms with Crippen LogP contribution in [0.3, 0.4) is 0 Å². The number of carbonyl (C=O) groups excluding carboxylic acids is 1. The molecular weight excluding hydrogens is 278 g/mol. The molecule has 3 rings (SSSR count). The summed E-state index contributed by atoms with van der Waals surface area (Å²) < 4.78 is 10.8. The summed E-state index contributed by atoms with van der Waals surface area (Å²) in [6.45, 7) is 7.29. The van der Waals surface area contributed by atoms with Crippen molar-refractivity contribution >= 4 is 16.9 Å². The average Bonchev–Trinajstić information content (AvgIpc) is 2.89. The number of aromatic nitrogens is 1. The Morgan fingerprint density at radius 1 is 1.41 bits per heavy atom. The van der Waals surface area contributed by atoms with Crippen LogP contribution < -0.4 is 0 Å². The van der Waals surface area contributed by atoms with Crippen molar-refractivity contribution in [1.82, 2.24) is 4.98 Å². The molecule has 0 radical (unpaired) electrons. The molecule has 4 heteroatoms. The van der Waals surface area contributed by atoms with Crippen molar-refractivity contribution in [2.24, 2.45) is 0 Å². The summed E-state index contributed by atoms with van der Waals surface area (Å²) >= 11 is 0. The summed E-state index contributed by atoms with van der Waals surface area (Å²) in [6, 6.07) is 8.26. The molecule has 4 nitrogen and oxygen atoms in total. The molecule has 0 spiro atoms. The fraction of sp³-hybridized carbons (Fsp3) is 0.500. The average molecular weight is 301 g/mol. The maximum atomic E-state index is 11.8. The van der Waals surface area contributed by atoms with Crippen molar-refractivity contribution in [1.29, 1.82) is 0 Å². The molecule has 1 aromatic carbocycles. The maximum Gasteiger partial charge on any atom is 0.354 e. The number of hydrogen-bond donors (Lipinski definition) is 1. The molecule has 0 amide bonds. The molecule has 0 saturated carbocycles. The van der Waals surface area contributed by atoms with Crippen LogP contribution in [0, 0.1) is 0 Å². The fourth-order valence-corrected chi connectivity index (χ4v) is 3.24. The van der Waals surface area contributed by atoms with E-state index >= 15 is 0 Å². The second kappa shape index (κ2) is 5.76. The number of hydrogen-bond acceptors (Lipinski definition) is 3. The van der Waals surface area contributed by atoms with Gasteiger partial charge in [0.05, 0.1) is 12.2 Å². The number of H-pyrrole nitrogens is 1. The quantitative estimate of drug-likeness (QED) is 0.871. The highest BCUT2D eigenvalue weighted by Crippen LogP contribution is 2.36. The van der Waals surface area contributed by atoms with Gasteiger partial charge in [-0.15, -0.1) is 0 Å². The van der Waals surface area contributed by atoms with Crippen molar-refractivity contribution in [3.63, 3.8) is 0 Å². The summed E-state index contributed by atoms with van der Waals surface area (Å²) in [5.41, 5.74) is 2.74. The maximum absolute atomic E-state index is 11.8. The third-order valence-corrected chi connectivity index (χ3v) is 4.31. The second-order valence-electron chi connectivity index (χ2n) is 6.55. The molecule has 1 fully saturated rings. The lowest BCUT2D eigenvalue weighted by Gasteiger charge is -2.35. The third kappa shape index (κ3) is 3.02. The Labute approximate surface area is 130 Å². The van der Waals surface area contributed by atoms with Crippen molar-refractivity contribution in [3.05, 3.63) is 35.5 Å². The van der Waals surface area contributed by atoms with Gasteiger partial charge in [0.1, 0.15) is 5.69 Å². The largest absolute Gasteiger partial charge is 0.461 e.